The number of thiophene rings is 1. The Morgan fingerprint density at radius 3 is 2.20 bits per heavy atom. The van der Waals surface area contributed by atoms with Gasteiger partial charge >= 0.3 is 0 Å². The summed E-state index contributed by atoms with van der Waals surface area (Å²) in [5.74, 6) is 0. The van der Waals surface area contributed by atoms with Gasteiger partial charge in [-0.2, -0.15) is 0 Å². The van der Waals surface area contributed by atoms with Crippen LogP contribution in [-0.2, 0) is 0 Å². The lowest BCUT2D eigenvalue weighted by Gasteiger charge is -2.12. The van der Waals surface area contributed by atoms with Gasteiger partial charge in [-0.25, -0.2) is 0 Å². The fourth-order valence-corrected chi connectivity index (χ4v) is 4.05. The summed E-state index contributed by atoms with van der Waals surface area (Å²) < 4.78 is 1.40. The summed E-state index contributed by atoms with van der Waals surface area (Å²) in [5.41, 5.74) is 4.07. The van der Waals surface area contributed by atoms with Crippen molar-refractivity contribution in [2.24, 2.45) is 0 Å². The van der Waals surface area contributed by atoms with Gasteiger partial charge in [-0.3, -0.25) is 0 Å². The largest absolute Gasteiger partial charge is 0.143 e. The lowest BCUT2D eigenvalue weighted by molar-refractivity contribution is 1.54. The molecule has 0 unspecified atom stereocenters. The molecule has 0 nitrogen and oxygen atoms in total. The summed E-state index contributed by atoms with van der Waals surface area (Å²) in [6.45, 7) is 2.24. The van der Waals surface area contributed by atoms with Crippen LogP contribution in [0.25, 0.3) is 32.0 Å². The molecule has 0 atom stereocenters. The van der Waals surface area contributed by atoms with E-state index in [9.17, 15) is 0 Å². The highest BCUT2D eigenvalue weighted by Gasteiger charge is 2.13. The maximum Gasteiger partial charge on any atom is 0.0430 e. The second-order valence-electron chi connectivity index (χ2n) is 5.08. The zero-order valence-electron chi connectivity index (χ0n) is 11.3. The molecule has 0 N–H and O–H groups in total. The summed E-state index contributed by atoms with van der Waals surface area (Å²) in [6.07, 6.45) is 0. The first-order chi connectivity index (χ1) is 9.86. The van der Waals surface area contributed by atoms with Crippen molar-refractivity contribution in [3.05, 3.63) is 71.6 Å². The van der Waals surface area contributed by atoms with Gasteiger partial charge in [0.15, 0.2) is 0 Å². The van der Waals surface area contributed by atoms with E-state index in [-0.39, 0.29) is 0 Å². The zero-order valence-corrected chi connectivity index (χ0v) is 12.1. The van der Waals surface area contributed by atoms with Crippen LogP contribution in [0.3, 0.4) is 0 Å². The second-order valence-corrected chi connectivity index (χ2v) is 5.99. The molecular weight excluding hydrogens is 260 g/mol. The molecule has 96 valence electrons. The van der Waals surface area contributed by atoms with Crippen molar-refractivity contribution in [2.75, 3.05) is 0 Å². The van der Waals surface area contributed by atoms with E-state index in [1.54, 1.807) is 0 Å². The second kappa shape index (κ2) is 4.46. The van der Waals surface area contributed by atoms with Gasteiger partial charge in [0.1, 0.15) is 0 Å². The molecule has 0 fully saturated rings. The molecule has 0 amide bonds. The van der Waals surface area contributed by atoms with Crippen molar-refractivity contribution in [3.8, 4) is 11.1 Å². The molecule has 0 aliphatic heterocycles. The normalized spacial score (nSPS) is 11.2. The summed E-state index contributed by atoms with van der Waals surface area (Å²) in [6, 6.07) is 21.7. The standard InChI is InChI=1S/C19H14S/c1-13-15-9-5-6-10-16(15)17-11-12-20-19(17)18(13)14-7-3-2-4-8-14/h2-12H,1H3. The van der Waals surface area contributed by atoms with Crippen LogP contribution >= 0.6 is 11.3 Å². The molecule has 1 aromatic heterocycles. The van der Waals surface area contributed by atoms with E-state index in [2.05, 4.69) is 73.0 Å². The predicted octanol–water partition coefficient (Wildman–Crippen LogP) is 6.03. The predicted molar refractivity (Wildman–Crippen MR) is 89.5 cm³/mol. The molecule has 0 spiro atoms. The summed E-state index contributed by atoms with van der Waals surface area (Å²) in [4.78, 5) is 0. The first-order valence-electron chi connectivity index (χ1n) is 6.80. The molecule has 0 aliphatic carbocycles. The molecule has 3 aromatic carbocycles. The summed E-state index contributed by atoms with van der Waals surface area (Å²) >= 11 is 1.84. The SMILES string of the molecule is Cc1c(-c2ccccc2)c2sccc2c2ccccc12. The molecule has 20 heavy (non-hydrogen) atoms. The average molecular weight is 274 g/mol. The highest BCUT2D eigenvalue weighted by Crippen LogP contribution is 2.40. The maximum atomic E-state index is 2.24. The zero-order chi connectivity index (χ0) is 13.5. The van der Waals surface area contributed by atoms with Crippen LogP contribution < -0.4 is 0 Å². The third-order valence-corrected chi connectivity index (χ3v) is 4.88. The monoisotopic (exact) mass is 274 g/mol. The van der Waals surface area contributed by atoms with Gasteiger partial charge in [-0.1, -0.05) is 54.6 Å². The van der Waals surface area contributed by atoms with Crippen LogP contribution in [-0.4, -0.2) is 0 Å². The first-order valence-corrected chi connectivity index (χ1v) is 7.68. The van der Waals surface area contributed by atoms with E-state index in [4.69, 9.17) is 0 Å². The highest BCUT2D eigenvalue weighted by molar-refractivity contribution is 7.18. The molecule has 4 aromatic rings. The minimum atomic E-state index is 1.31. The highest BCUT2D eigenvalue weighted by atomic mass is 32.1. The van der Waals surface area contributed by atoms with Crippen LogP contribution in [0.5, 0.6) is 0 Å². The summed E-state index contributed by atoms with van der Waals surface area (Å²) in [5, 5.41) is 6.29. The van der Waals surface area contributed by atoms with Crippen LogP contribution in [0.2, 0.25) is 0 Å². The first kappa shape index (κ1) is 11.7. The van der Waals surface area contributed by atoms with Crippen molar-refractivity contribution in [1.82, 2.24) is 0 Å². The van der Waals surface area contributed by atoms with Crippen molar-refractivity contribution in [3.63, 3.8) is 0 Å². The number of hydrogen-bond donors (Lipinski definition) is 0. The van der Waals surface area contributed by atoms with Gasteiger partial charge in [0.05, 0.1) is 0 Å². The average Bonchev–Trinajstić information content (AvgIpc) is 2.98. The van der Waals surface area contributed by atoms with E-state index in [1.165, 1.54) is 37.5 Å². The Hall–Kier alpha value is -2.12. The van der Waals surface area contributed by atoms with Crippen molar-refractivity contribution in [1.29, 1.82) is 0 Å². The molecule has 0 saturated heterocycles. The number of benzene rings is 3. The maximum absolute atomic E-state index is 2.24. The van der Waals surface area contributed by atoms with Crippen molar-refractivity contribution < 1.29 is 0 Å². The Bertz CT molecular complexity index is 901. The quantitative estimate of drug-likeness (QED) is 0.397. The van der Waals surface area contributed by atoms with E-state index < -0.39 is 0 Å². The van der Waals surface area contributed by atoms with Gasteiger partial charge < -0.3 is 0 Å². The van der Waals surface area contributed by atoms with E-state index in [0.717, 1.165) is 0 Å². The number of rotatable bonds is 1. The molecule has 0 radical (unpaired) electrons. The Labute approximate surface area is 122 Å². The summed E-state index contributed by atoms with van der Waals surface area (Å²) in [7, 11) is 0. The van der Waals surface area contributed by atoms with E-state index >= 15 is 0 Å². The molecule has 1 heterocycles. The van der Waals surface area contributed by atoms with Crippen LogP contribution in [0, 0.1) is 6.92 Å². The smallest absolute Gasteiger partial charge is 0.0430 e. The number of fused-ring (bicyclic) bond motifs is 3. The third-order valence-electron chi connectivity index (χ3n) is 3.95. The minimum absolute atomic E-state index is 1.31. The van der Waals surface area contributed by atoms with Crippen molar-refractivity contribution in [2.45, 2.75) is 6.92 Å². The van der Waals surface area contributed by atoms with E-state index in [1.807, 2.05) is 11.3 Å². The van der Waals surface area contributed by atoms with Gasteiger partial charge in [-0.05, 0) is 40.3 Å². The van der Waals surface area contributed by atoms with Crippen LogP contribution in [0.4, 0.5) is 0 Å². The Kier molecular flexibility index (Phi) is 2.61. The Balaban J connectivity index is 2.24. The van der Waals surface area contributed by atoms with Gasteiger partial charge in [0.25, 0.3) is 0 Å². The molecular formula is C19H14S. The molecule has 0 saturated carbocycles. The fourth-order valence-electron chi connectivity index (χ4n) is 3.02. The Morgan fingerprint density at radius 1 is 0.700 bits per heavy atom. The molecule has 0 aliphatic rings. The molecule has 1 heteroatoms. The molecule has 4 rings (SSSR count). The minimum Gasteiger partial charge on any atom is -0.143 e. The van der Waals surface area contributed by atoms with Gasteiger partial charge in [0, 0.05) is 15.6 Å². The Morgan fingerprint density at radius 2 is 1.40 bits per heavy atom. The number of aryl methyl sites for hydroxylation is 1. The van der Waals surface area contributed by atoms with Gasteiger partial charge in [0.2, 0.25) is 0 Å². The van der Waals surface area contributed by atoms with Gasteiger partial charge in [-0.15, -0.1) is 11.3 Å². The fraction of sp³-hybridized carbons (Fsp3) is 0.0526. The van der Waals surface area contributed by atoms with Crippen LogP contribution in [0.1, 0.15) is 5.56 Å². The van der Waals surface area contributed by atoms with Crippen LogP contribution in [0.15, 0.2) is 66.0 Å². The van der Waals surface area contributed by atoms with E-state index in [0.29, 0.717) is 0 Å². The molecule has 0 bridgehead atoms. The lowest BCUT2D eigenvalue weighted by atomic mass is 9.93. The third kappa shape index (κ3) is 1.60. The van der Waals surface area contributed by atoms with Crippen molar-refractivity contribution >= 4 is 32.2 Å². The lowest BCUT2D eigenvalue weighted by Crippen LogP contribution is -1.87. The number of hydrogen-bond acceptors (Lipinski definition) is 1. The topological polar surface area (TPSA) is 0 Å².